The number of primary amides is 2. The summed E-state index contributed by atoms with van der Waals surface area (Å²) in [7, 11) is 0. The van der Waals surface area contributed by atoms with Crippen LogP contribution in [0.5, 0.6) is 0 Å². The van der Waals surface area contributed by atoms with Crippen LogP contribution in [0.15, 0.2) is 64.7 Å². The molecule has 0 spiro atoms. The van der Waals surface area contributed by atoms with E-state index in [2.05, 4.69) is 62.8 Å². The smallest absolute Gasteiger partial charge is 0.312 e. The first-order valence-electron chi connectivity index (χ1n) is 25.7. The van der Waals surface area contributed by atoms with E-state index >= 15 is 0 Å². The number of halogens is 1. The van der Waals surface area contributed by atoms with E-state index in [1.165, 1.54) is 6.92 Å². The molecule has 79 heavy (non-hydrogen) atoms. The number of aromatic nitrogens is 1. The van der Waals surface area contributed by atoms with Gasteiger partial charge in [0.05, 0.1) is 0 Å². The van der Waals surface area contributed by atoms with E-state index in [4.69, 9.17) is 46.0 Å². The molecule has 1 saturated heterocycles. The van der Waals surface area contributed by atoms with Crippen molar-refractivity contribution in [3.8, 4) is 0 Å². The molecule has 22 N–H and O–H groups in total. The van der Waals surface area contributed by atoms with Gasteiger partial charge in [-0.05, 0) is 87.1 Å². The molecule has 11 amide bonds. The molecule has 1 aromatic heterocycles. The number of benzene rings is 2. The van der Waals surface area contributed by atoms with Crippen LogP contribution in [-0.2, 0) is 56.0 Å². The van der Waals surface area contributed by atoms with Crippen LogP contribution in [0, 0.1) is 0 Å². The van der Waals surface area contributed by atoms with Crippen LogP contribution in [0.4, 0.5) is 4.79 Å². The van der Waals surface area contributed by atoms with Gasteiger partial charge in [0.2, 0.25) is 53.2 Å². The number of rotatable bonds is 20. The fraction of sp³-hybridized carbons (Fsp3) is 0.480. The average molecular weight is 1120 g/mol. The summed E-state index contributed by atoms with van der Waals surface area (Å²) in [6.45, 7) is 1.19. The summed E-state index contributed by atoms with van der Waals surface area (Å²) in [6.07, 6.45) is 0.709. The molecule has 28 nitrogen and oxygen atoms in total. The monoisotopic (exact) mass is 1120 g/mol. The molecule has 0 unspecified atom stereocenters. The summed E-state index contributed by atoms with van der Waals surface area (Å²) in [5, 5.41) is 24.7. The number of guanidine groups is 2. The standard InChI is InChI=1S/C50H73ClN18O10/c1-27(70)63-34(14-6-20-59-48(53)54)42(73)67-37-17-18-40(71)58-19-5-13-33(41(52)72)64-47(78)39(25-29-26-62-32-12-3-2-11-31(29)32)69-44(75)36(15-7-21-60-49(55)56)66-46(77)38(24-28-9-4-10-30(51)23-28)68-43(74)35(65-45(37)76)16-8-22-61-50(57)79/h2-4,9-12,23,26,33-39,62H,5-8,13-22,24-25H2,1H3,(H2,52,72)(H,58,71)(H,63,70)(H,64,78)(H,65,76)(H,66,77)(H,67,73)(H,68,74)(H,69,75)(H4,53,54,59)(H4,55,56,60)(H3,57,61,79)/t33-,34-,35-,36-,37-,38+,39-/m0/s1. The predicted octanol–water partition coefficient (Wildman–Crippen LogP) is -3.25. The van der Waals surface area contributed by atoms with Crippen LogP contribution in [0.3, 0.4) is 0 Å². The predicted molar refractivity (Wildman–Crippen MR) is 294 cm³/mol. The number of hydrogen-bond donors (Lipinski definition) is 16. The number of nitrogens with two attached hydrogens (primary N) is 6. The van der Waals surface area contributed by atoms with Gasteiger partial charge in [0.15, 0.2) is 11.9 Å². The molecule has 0 aliphatic carbocycles. The van der Waals surface area contributed by atoms with E-state index in [1.807, 2.05) is 18.2 Å². The first kappa shape index (κ1) is 62.8. The van der Waals surface area contributed by atoms with Crippen LogP contribution in [0.2, 0.25) is 5.02 Å². The third kappa shape index (κ3) is 22.4. The zero-order valence-corrected chi connectivity index (χ0v) is 44.6. The second kappa shape index (κ2) is 32.1. The molecule has 1 fully saturated rings. The van der Waals surface area contributed by atoms with Crippen LogP contribution in [0.25, 0.3) is 10.9 Å². The molecule has 1 aliphatic rings. The van der Waals surface area contributed by atoms with Crippen molar-refractivity contribution in [2.75, 3.05) is 26.2 Å². The number of nitrogens with zero attached hydrogens (tertiary/aromatic N) is 2. The Labute approximate surface area is 460 Å². The van der Waals surface area contributed by atoms with Gasteiger partial charge in [-0.25, -0.2) is 4.79 Å². The topological polar surface area (TPSA) is 476 Å². The van der Waals surface area contributed by atoms with Crippen molar-refractivity contribution in [3.63, 3.8) is 0 Å². The SMILES string of the molecule is CC(=O)N[C@@H](CCCN=C(N)N)C(=O)N[C@H]1CCC(=O)NCCC[C@@H](C(N)=O)NC(=O)[C@H](Cc2c[nH]c3ccccc23)NC(=O)[C@H](CCCN=C(N)N)NC(=O)[C@@H](Cc2cccc(Cl)c2)NC(=O)[C@H](CCCNC(N)=O)NC1=O. The Kier molecular flexibility index (Phi) is 25.6. The van der Waals surface area contributed by atoms with Crippen LogP contribution >= 0.6 is 11.6 Å². The first-order valence-corrected chi connectivity index (χ1v) is 26.1. The maximum absolute atomic E-state index is 14.7. The van der Waals surface area contributed by atoms with Gasteiger partial charge >= 0.3 is 6.03 Å². The lowest BCUT2D eigenvalue weighted by atomic mass is 10.0. The van der Waals surface area contributed by atoms with Crippen molar-refractivity contribution < 1.29 is 47.9 Å². The Balaban J connectivity index is 1.81. The van der Waals surface area contributed by atoms with Crippen molar-refractivity contribution in [3.05, 3.63) is 70.9 Å². The first-order chi connectivity index (χ1) is 37.6. The molecule has 4 rings (SSSR count). The number of nitrogens with one attached hydrogen (secondary N) is 10. The van der Waals surface area contributed by atoms with Gasteiger partial charge < -0.3 is 87.2 Å². The lowest BCUT2D eigenvalue weighted by Crippen LogP contribution is -2.60. The third-order valence-corrected chi connectivity index (χ3v) is 12.7. The number of aromatic amines is 1. The summed E-state index contributed by atoms with van der Waals surface area (Å²) in [5.74, 6) is -7.80. The maximum atomic E-state index is 14.7. The number of H-pyrrole nitrogens is 1. The van der Waals surface area contributed by atoms with E-state index in [9.17, 15) is 47.9 Å². The second-order valence-corrected chi connectivity index (χ2v) is 19.2. The van der Waals surface area contributed by atoms with Crippen molar-refractivity contribution in [1.82, 2.24) is 52.8 Å². The number of aliphatic imine (C=N–C) groups is 2. The Morgan fingerprint density at radius 1 is 0.709 bits per heavy atom. The normalized spacial score (nSPS) is 20.5. The van der Waals surface area contributed by atoms with Crippen molar-refractivity contribution in [1.29, 1.82) is 0 Å². The zero-order chi connectivity index (χ0) is 58.0. The number of urea groups is 1. The van der Waals surface area contributed by atoms with Crippen molar-refractivity contribution >= 4 is 93.6 Å². The zero-order valence-electron chi connectivity index (χ0n) is 43.9. The maximum Gasteiger partial charge on any atom is 0.312 e. The van der Waals surface area contributed by atoms with Gasteiger partial charge in [0.1, 0.15) is 42.3 Å². The summed E-state index contributed by atoms with van der Waals surface area (Å²) < 4.78 is 0. The lowest BCUT2D eigenvalue weighted by molar-refractivity contribution is -0.136. The van der Waals surface area contributed by atoms with E-state index in [0.717, 1.165) is 10.9 Å². The highest BCUT2D eigenvalue weighted by atomic mass is 35.5. The third-order valence-electron chi connectivity index (χ3n) is 12.5. The molecule has 3 aromatic rings. The minimum atomic E-state index is -1.54. The fourth-order valence-electron chi connectivity index (χ4n) is 8.50. The largest absolute Gasteiger partial charge is 0.370 e. The van der Waals surface area contributed by atoms with Crippen molar-refractivity contribution in [2.24, 2.45) is 44.4 Å². The Hall–Kier alpha value is -8.69. The van der Waals surface area contributed by atoms with E-state index < -0.39 is 101 Å². The molecular weight excluding hydrogens is 1050 g/mol. The number of amides is 11. The summed E-state index contributed by atoms with van der Waals surface area (Å²) in [5.41, 5.74) is 34.9. The number of carbonyl (C=O) groups excluding carboxylic acids is 10. The highest BCUT2D eigenvalue weighted by molar-refractivity contribution is 6.30. The molecule has 430 valence electrons. The summed E-state index contributed by atoms with van der Waals surface area (Å²) in [4.78, 5) is 148. The van der Waals surface area contributed by atoms with Gasteiger partial charge in [0.25, 0.3) is 0 Å². The van der Waals surface area contributed by atoms with E-state index in [-0.39, 0.29) is 120 Å². The van der Waals surface area contributed by atoms with Gasteiger partial charge in [-0.3, -0.25) is 53.1 Å². The minimum absolute atomic E-state index is 0.0152. The van der Waals surface area contributed by atoms with Crippen molar-refractivity contribution in [2.45, 2.75) is 126 Å². The molecule has 29 heteroatoms. The van der Waals surface area contributed by atoms with Gasteiger partial charge in [-0.1, -0.05) is 41.9 Å². The van der Waals surface area contributed by atoms with Gasteiger partial charge in [-0.15, -0.1) is 0 Å². The Bertz CT molecular complexity index is 2690. The molecule has 0 saturated carbocycles. The number of fused-ring (bicyclic) bond motifs is 1. The highest BCUT2D eigenvalue weighted by Gasteiger charge is 2.35. The number of hydrogen-bond acceptors (Lipinski definition) is 12. The molecule has 2 aromatic carbocycles. The van der Waals surface area contributed by atoms with Crippen LogP contribution < -0.4 is 82.3 Å². The molecule has 1 aliphatic heterocycles. The Morgan fingerprint density at radius 3 is 1.96 bits per heavy atom. The summed E-state index contributed by atoms with van der Waals surface area (Å²) >= 11 is 6.35. The molecular formula is C50H73ClN18O10. The second-order valence-electron chi connectivity index (χ2n) is 18.8. The average Bonchev–Trinajstić information content (AvgIpc) is 3.81. The molecule has 7 atom stereocenters. The summed E-state index contributed by atoms with van der Waals surface area (Å²) in [6, 6.07) is 2.88. The molecule has 0 radical (unpaired) electrons. The van der Waals surface area contributed by atoms with Gasteiger partial charge in [0, 0.05) is 74.5 Å². The van der Waals surface area contributed by atoms with Crippen LogP contribution in [0.1, 0.15) is 82.3 Å². The number of para-hydroxylation sites is 1. The van der Waals surface area contributed by atoms with Gasteiger partial charge in [-0.2, -0.15) is 0 Å². The minimum Gasteiger partial charge on any atom is -0.370 e. The molecule has 0 bridgehead atoms. The number of carbonyl (C=O) groups is 10. The lowest BCUT2D eigenvalue weighted by Gasteiger charge is -2.28. The fourth-order valence-corrected chi connectivity index (χ4v) is 8.71. The highest BCUT2D eigenvalue weighted by Crippen LogP contribution is 2.20. The quantitative estimate of drug-likeness (QED) is 0.0300. The van der Waals surface area contributed by atoms with E-state index in [0.29, 0.717) is 11.1 Å². The molecule has 2 heterocycles. The van der Waals surface area contributed by atoms with Crippen LogP contribution in [-0.4, -0.2) is 145 Å². The Morgan fingerprint density at radius 2 is 1.32 bits per heavy atom. The van der Waals surface area contributed by atoms with E-state index in [1.54, 1.807) is 36.5 Å².